The topological polar surface area (TPSA) is 57.6 Å². The Hall–Kier alpha value is -1.99. The Morgan fingerprint density at radius 2 is 1.96 bits per heavy atom. The molecule has 0 amide bonds. The summed E-state index contributed by atoms with van der Waals surface area (Å²) in [4.78, 5) is 6.99. The van der Waals surface area contributed by atoms with Gasteiger partial charge in [-0.15, -0.1) is 11.3 Å². The van der Waals surface area contributed by atoms with E-state index < -0.39 is 6.10 Å². The first kappa shape index (κ1) is 17.4. The first-order valence-corrected chi connectivity index (χ1v) is 9.79. The predicted molar refractivity (Wildman–Crippen MR) is 106 cm³/mol. The zero-order valence-corrected chi connectivity index (χ0v) is 15.4. The largest absolute Gasteiger partial charge is 0.491 e. The molecule has 1 fully saturated rings. The lowest BCUT2D eigenvalue weighted by Crippen LogP contribution is -2.47. The molecule has 2 heterocycles. The van der Waals surface area contributed by atoms with Crippen LogP contribution < -0.4 is 10.1 Å². The molecule has 1 aromatic heterocycles. The maximum Gasteiger partial charge on any atom is 0.124 e. The Labute approximate surface area is 157 Å². The minimum Gasteiger partial charge on any atom is -0.491 e. The lowest BCUT2D eigenvalue weighted by atomic mass is 10.2. The van der Waals surface area contributed by atoms with Gasteiger partial charge in [-0.1, -0.05) is 30.3 Å². The molecule has 0 radical (unpaired) electrons. The number of benzene rings is 2. The van der Waals surface area contributed by atoms with Gasteiger partial charge in [0.05, 0.1) is 10.2 Å². The van der Waals surface area contributed by atoms with Crippen LogP contribution in [-0.2, 0) is 0 Å². The number of aromatic nitrogens is 1. The van der Waals surface area contributed by atoms with Gasteiger partial charge in [-0.05, 0) is 12.1 Å². The van der Waals surface area contributed by atoms with Gasteiger partial charge in [0.25, 0.3) is 0 Å². The minimum atomic E-state index is -0.487. The van der Waals surface area contributed by atoms with E-state index in [9.17, 15) is 5.11 Å². The van der Waals surface area contributed by atoms with E-state index in [1.54, 1.807) is 11.3 Å². The van der Waals surface area contributed by atoms with Crippen molar-refractivity contribution in [3.63, 3.8) is 0 Å². The van der Waals surface area contributed by atoms with E-state index >= 15 is 0 Å². The van der Waals surface area contributed by atoms with Gasteiger partial charge in [0.2, 0.25) is 0 Å². The average molecular weight is 369 g/mol. The van der Waals surface area contributed by atoms with E-state index in [1.807, 2.05) is 36.4 Å². The number of rotatable bonds is 6. The summed E-state index contributed by atoms with van der Waals surface area (Å²) < 4.78 is 6.94. The van der Waals surface area contributed by atoms with Crippen molar-refractivity contribution >= 4 is 21.6 Å². The van der Waals surface area contributed by atoms with Crippen LogP contribution in [0.2, 0.25) is 0 Å². The molecule has 1 saturated heterocycles. The molecule has 0 unspecified atom stereocenters. The van der Waals surface area contributed by atoms with E-state index in [4.69, 9.17) is 9.72 Å². The summed E-state index contributed by atoms with van der Waals surface area (Å²) in [6, 6.07) is 16.1. The Morgan fingerprint density at radius 3 is 2.77 bits per heavy atom. The van der Waals surface area contributed by atoms with Crippen LogP contribution in [0, 0.1) is 0 Å². The quantitative estimate of drug-likeness (QED) is 0.700. The first-order chi connectivity index (χ1) is 12.8. The van der Waals surface area contributed by atoms with Crippen LogP contribution >= 0.6 is 11.3 Å². The molecule has 4 rings (SSSR count). The van der Waals surface area contributed by atoms with Gasteiger partial charge in [-0.2, -0.15) is 0 Å². The molecule has 0 aliphatic carbocycles. The number of hydrogen-bond donors (Lipinski definition) is 2. The molecule has 1 aliphatic heterocycles. The number of aliphatic hydroxyl groups is 1. The van der Waals surface area contributed by atoms with Crippen molar-refractivity contribution in [1.29, 1.82) is 0 Å². The van der Waals surface area contributed by atoms with Gasteiger partial charge >= 0.3 is 0 Å². The van der Waals surface area contributed by atoms with Crippen LogP contribution in [0.15, 0.2) is 48.5 Å². The molecule has 0 saturated carbocycles. The standard InChI is InChI=1S/C20H23N3O2S/c24-16(13-23-10-8-21-9-11-23)14-25-17-6-7-19-18(12-17)22-20(26-19)15-4-2-1-3-5-15/h1-7,12,16,21,24H,8-11,13-14H2/t16-/m1/s1. The molecule has 1 atom stereocenters. The summed E-state index contributed by atoms with van der Waals surface area (Å²) >= 11 is 1.68. The predicted octanol–water partition coefficient (Wildman–Crippen LogP) is 2.61. The number of piperazine rings is 1. The number of β-amino-alcohol motifs (C(OH)–C–C–N with tert-alkyl or cyclic N) is 1. The number of thiazole rings is 1. The average Bonchev–Trinajstić information content (AvgIpc) is 3.11. The number of fused-ring (bicyclic) bond motifs is 1. The summed E-state index contributed by atoms with van der Waals surface area (Å²) in [6.07, 6.45) is -0.487. The highest BCUT2D eigenvalue weighted by Gasteiger charge is 2.15. The normalized spacial score (nSPS) is 16.7. The molecule has 2 N–H and O–H groups in total. The molecule has 26 heavy (non-hydrogen) atoms. The molecule has 5 nitrogen and oxygen atoms in total. The van der Waals surface area contributed by atoms with Crippen LogP contribution in [0.4, 0.5) is 0 Å². The second-order valence-corrected chi connectivity index (χ2v) is 7.56. The summed E-state index contributed by atoms with van der Waals surface area (Å²) in [6.45, 7) is 4.87. The fraction of sp³-hybridized carbons (Fsp3) is 0.350. The fourth-order valence-corrected chi connectivity index (χ4v) is 4.09. The molecule has 2 aromatic carbocycles. The number of nitrogens with zero attached hydrogens (tertiary/aromatic N) is 2. The Balaban J connectivity index is 1.39. The van der Waals surface area contributed by atoms with Gasteiger partial charge in [0, 0.05) is 44.4 Å². The van der Waals surface area contributed by atoms with Gasteiger partial charge in [-0.25, -0.2) is 4.98 Å². The molecule has 1 aliphatic rings. The maximum absolute atomic E-state index is 10.2. The van der Waals surface area contributed by atoms with E-state index in [1.165, 1.54) is 0 Å². The third kappa shape index (κ3) is 4.22. The number of ether oxygens (including phenoxy) is 1. The third-order valence-corrected chi connectivity index (χ3v) is 5.59. The van der Waals surface area contributed by atoms with Crippen LogP contribution in [0.25, 0.3) is 20.8 Å². The molecule has 0 spiro atoms. The molecule has 6 heteroatoms. The SMILES string of the molecule is O[C@@H](COc1ccc2sc(-c3ccccc3)nc2c1)CN1CCNCC1. The first-order valence-electron chi connectivity index (χ1n) is 8.98. The molecular formula is C20H23N3O2S. The minimum absolute atomic E-state index is 0.297. The summed E-state index contributed by atoms with van der Waals surface area (Å²) in [7, 11) is 0. The Kier molecular flexibility index (Phi) is 5.45. The van der Waals surface area contributed by atoms with Crippen molar-refractivity contribution in [2.75, 3.05) is 39.3 Å². The van der Waals surface area contributed by atoms with Crippen molar-refractivity contribution in [1.82, 2.24) is 15.2 Å². The van der Waals surface area contributed by atoms with Crippen LogP contribution in [-0.4, -0.2) is 60.4 Å². The van der Waals surface area contributed by atoms with Crippen molar-refractivity contribution in [3.05, 3.63) is 48.5 Å². The zero-order chi connectivity index (χ0) is 17.8. The van der Waals surface area contributed by atoms with Crippen molar-refractivity contribution in [3.8, 4) is 16.3 Å². The highest BCUT2D eigenvalue weighted by Crippen LogP contribution is 2.31. The van der Waals surface area contributed by atoms with Gasteiger partial charge in [-0.3, -0.25) is 4.90 Å². The molecule has 0 bridgehead atoms. The van der Waals surface area contributed by atoms with Gasteiger partial charge in [0.15, 0.2) is 0 Å². The number of aliphatic hydroxyl groups excluding tert-OH is 1. The fourth-order valence-electron chi connectivity index (χ4n) is 3.14. The monoisotopic (exact) mass is 369 g/mol. The van der Waals surface area contributed by atoms with E-state index in [2.05, 4.69) is 22.3 Å². The van der Waals surface area contributed by atoms with Gasteiger partial charge in [0.1, 0.15) is 23.5 Å². The second kappa shape index (κ2) is 8.14. The van der Waals surface area contributed by atoms with Crippen LogP contribution in [0.5, 0.6) is 5.75 Å². The molecule has 136 valence electrons. The third-order valence-electron chi connectivity index (χ3n) is 4.50. The lowest BCUT2D eigenvalue weighted by Gasteiger charge is -2.28. The number of nitrogens with one attached hydrogen (secondary N) is 1. The molecule has 3 aromatic rings. The van der Waals surface area contributed by atoms with E-state index in [-0.39, 0.29) is 0 Å². The molecular weight excluding hydrogens is 346 g/mol. The highest BCUT2D eigenvalue weighted by atomic mass is 32.1. The van der Waals surface area contributed by atoms with E-state index in [0.717, 1.165) is 52.7 Å². The van der Waals surface area contributed by atoms with Crippen molar-refractivity contribution < 1.29 is 9.84 Å². The number of hydrogen-bond acceptors (Lipinski definition) is 6. The summed E-state index contributed by atoms with van der Waals surface area (Å²) in [5.41, 5.74) is 2.06. The zero-order valence-electron chi connectivity index (χ0n) is 14.6. The van der Waals surface area contributed by atoms with Crippen molar-refractivity contribution in [2.24, 2.45) is 0 Å². The van der Waals surface area contributed by atoms with Crippen LogP contribution in [0.1, 0.15) is 0 Å². The summed E-state index contributed by atoms with van der Waals surface area (Å²) in [5, 5.41) is 14.6. The second-order valence-electron chi connectivity index (χ2n) is 6.53. The Morgan fingerprint density at radius 1 is 1.15 bits per heavy atom. The Bertz CT molecular complexity index is 847. The van der Waals surface area contributed by atoms with Gasteiger partial charge < -0.3 is 15.2 Å². The van der Waals surface area contributed by atoms with Crippen LogP contribution in [0.3, 0.4) is 0 Å². The summed E-state index contributed by atoms with van der Waals surface area (Å²) in [5.74, 6) is 0.752. The maximum atomic E-state index is 10.2. The van der Waals surface area contributed by atoms with E-state index in [0.29, 0.717) is 13.2 Å². The smallest absolute Gasteiger partial charge is 0.124 e. The highest BCUT2D eigenvalue weighted by molar-refractivity contribution is 7.21. The van der Waals surface area contributed by atoms with Crippen molar-refractivity contribution in [2.45, 2.75) is 6.10 Å². The lowest BCUT2D eigenvalue weighted by molar-refractivity contribution is 0.0642.